The van der Waals surface area contributed by atoms with E-state index in [1.54, 1.807) is 54.6 Å². The molecule has 1 N–H and O–H groups in total. The molecule has 0 radical (unpaired) electrons. The zero-order valence-corrected chi connectivity index (χ0v) is 25.1. The first-order chi connectivity index (χ1) is 20.2. The number of anilines is 1. The molecule has 0 saturated carbocycles. The number of hydrogen-bond donors (Lipinski definition) is 1. The number of likely N-dealkylation sites (N-methyl/N-ethyl adjacent to an activating group) is 1. The fourth-order valence-electron chi connectivity index (χ4n) is 4.78. The van der Waals surface area contributed by atoms with E-state index in [-0.39, 0.29) is 23.8 Å². The molecule has 218 valence electrons. The summed E-state index contributed by atoms with van der Waals surface area (Å²) in [6.45, 7) is 5.73. The Balaban J connectivity index is 1.78. The van der Waals surface area contributed by atoms with Crippen molar-refractivity contribution in [1.29, 1.82) is 0 Å². The van der Waals surface area contributed by atoms with Gasteiger partial charge in [-0.25, -0.2) is 8.42 Å². The number of rotatable bonds is 12. The van der Waals surface area contributed by atoms with Gasteiger partial charge in [0.1, 0.15) is 12.6 Å². The van der Waals surface area contributed by atoms with Crippen molar-refractivity contribution in [3.63, 3.8) is 0 Å². The molecule has 4 aromatic carbocycles. The monoisotopic (exact) mass is 583 g/mol. The number of hydrogen-bond acceptors (Lipinski definition) is 4. The molecule has 0 fully saturated rings. The Morgan fingerprint density at radius 1 is 0.786 bits per heavy atom. The van der Waals surface area contributed by atoms with Crippen molar-refractivity contribution in [2.45, 2.75) is 44.7 Å². The van der Waals surface area contributed by atoms with E-state index < -0.39 is 28.5 Å². The van der Waals surface area contributed by atoms with Crippen molar-refractivity contribution in [1.82, 2.24) is 10.2 Å². The molecular weight excluding hydrogens is 546 g/mol. The largest absolute Gasteiger partial charge is 0.355 e. The van der Waals surface area contributed by atoms with Crippen LogP contribution in [-0.4, -0.2) is 44.3 Å². The molecule has 0 aliphatic rings. The zero-order chi connectivity index (χ0) is 30.1. The fraction of sp³-hybridized carbons (Fsp3) is 0.235. The van der Waals surface area contributed by atoms with E-state index >= 15 is 0 Å². The second-order valence-corrected chi connectivity index (χ2v) is 12.1. The highest BCUT2D eigenvalue weighted by atomic mass is 32.2. The maximum atomic E-state index is 14.4. The van der Waals surface area contributed by atoms with Crippen molar-refractivity contribution in [2.24, 2.45) is 0 Å². The van der Waals surface area contributed by atoms with Crippen LogP contribution in [0.5, 0.6) is 0 Å². The average Bonchev–Trinajstić information content (AvgIpc) is 2.99. The quantitative estimate of drug-likeness (QED) is 0.246. The minimum Gasteiger partial charge on any atom is -0.355 e. The minimum absolute atomic E-state index is 0.0831. The topological polar surface area (TPSA) is 86.8 Å². The molecule has 0 aromatic heterocycles. The summed E-state index contributed by atoms with van der Waals surface area (Å²) < 4.78 is 29.1. The molecule has 4 aromatic rings. The number of nitrogens with zero attached hydrogens (tertiary/aromatic N) is 2. The van der Waals surface area contributed by atoms with Crippen LogP contribution >= 0.6 is 0 Å². The molecular formula is C34H37N3O4S. The fourth-order valence-corrected chi connectivity index (χ4v) is 6.19. The zero-order valence-electron chi connectivity index (χ0n) is 24.2. The van der Waals surface area contributed by atoms with Crippen molar-refractivity contribution in [3.8, 4) is 0 Å². The smallest absolute Gasteiger partial charge is 0.264 e. The standard InChI is InChI=1S/C34H37N3O4S/c1-4-35-34(39)32(23-28-14-7-5-8-15-28)36(24-29-16-12-11-13-27(29)3)33(38)25-37(30-17-9-6-10-18-30)42(40,41)31-21-19-26(2)20-22-31/h5-22,32H,4,23-25H2,1-3H3,(H,35,39)/t32-/m1/s1. The molecule has 0 spiro atoms. The highest BCUT2D eigenvalue weighted by Gasteiger charge is 2.34. The Bertz CT molecular complexity index is 1590. The maximum absolute atomic E-state index is 14.4. The third-order valence-corrected chi connectivity index (χ3v) is 8.94. The Morgan fingerprint density at radius 2 is 1.38 bits per heavy atom. The Morgan fingerprint density at radius 3 is 2.00 bits per heavy atom. The van der Waals surface area contributed by atoms with Crippen molar-refractivity contribution in [2.75, 3.05) is 17.4 Å². The van der Waals surface area contributed by atoms with Crippen LogP contribution < -0.4 is 9.62 Å². The summed E-state index contributed by atoms with van der Waals surface area (Å²) in [4.78, 5) is 29.5. The van der Waals surface area contributed by atoms with Gasteiger partial charge in [-0.1, -0.05) is 90.5 Å². The molecule has 8 heteroatoms. The number of nitrogens with one attached hydrogen (secondary N) is 1. The Labute approximate surface area is 248 Å². The number of sulfonamides is 1. The lowest BCUT2D eigenvalue weighted by Gasteiger charge is -2.34. The lowest BCUT2D eigenvalue weighted by molar-refractivity contribution is -0.140. The summed E-state index contributed by atoms with van der Waals surface area (Å²) >= 11 is 0. The van der Waals surface area contributed by atoms with Crippen LogP contribution in [-0.2, 0) is 32.6 Å². The van der Waals surface area contributed by atoms with Crippen LogP contribution in [0.25, 0.3) is 0 Å². The van der Waals surface area contributed by atoms with Gasteiger partial charge in [0, 0.05) is 19.5 Å². The highest BCUT2D eigenvalue weighted by molar-refractivity contribution is 7.92. The normalized spacial score (nSPS) is 11.9. The van der Waals surface area contributed by atoms with Crippen molar-refractivity contribution in [3.05, 3.63) is 131 Å². The average molecular weight is 584 g/mol. The van der Waals surface area contributed by atoms with Gasteiger partial charge >= 0.3 is 0 Å². The van der Waals surface area contributed by atoms with Gasteiger partial charge in [0.2, 0.25) is 11.8 Å². The molecule has 4 rings (SSSR count). The Hall–Kier alpha value is -4.43. The molecule has 42 heavy (non-hydrogen) atoms. The molecule has 0 unspecified atom stereocenters. The SMILES string of the molecule is CCNC(=O)[C@@H](Cc1ccccc1)N(Cc1ccccc1C)C(=O)CN(c1ccccc1)S(=O)(=O)c1ccc(C)cc1. The summed E-state index contributed by atoms with van der Waals surface area (Å²) in [6, 6.07) is 31.5. The third-order valence-electron chi connectivity index (χ3n) is 7.16. The number of para-hydroxylation sites is 1. The van der Waals surface area contributed by atoms with Crippen molar-refractivity contribution >= 4 is 27.5 Å². The molecule has 0 bridgehead atoms. The molecule has 7 nitrogen and oxygen atoms in total. The van der Waals surface area contributed by atoms with Gasteiger partial charge in [-0.15, -0.1) is 0 Å². The van der Waals surface area contributed by atoms with E-state index in [1.807, 2.05) is 75.4 Å². The number of carbonyl (C=O) groups excluding carboxylic acids is 2. The van der Waals surface area contributed by atoms with E-state index in [0.717, 1.165) is 26.6 Å². The predicted molar refractivity (Wildman–Crippen MR) is 166 cm³/mol. The van der Waals surface area contributed by atoms with E-state index in [0.29, 0.717) is 12.2 Å². The van der Waals surface area contributed by atoms with E-state index in [2.05, 4.69) is 5.32 Å². The lowest BCUT2D eigenvalue weighted by Crippen LogP contribution is -2.53. The van der Waals surface area contributed by atoms with Gasteiger partial charge in [0.15, 0.2) is 0 Å². The third kappa shape index (κ3) is 7.44. The first-order valence-electron chi connectivity index (χ1n) is 14.0. The second-order valence-electron chi connectivity index (χ2n) is 10.2. The van der Waals surface area contributed by atoms with Gasteiger partial charge < -0.3 is 10.2 Å². The minimum atomic E-state index is -4.11. The summed E-state index contributed by atoms with van der Waals surface area (Å²) in [5, 5.41) is 2.88. The molecule has 0 heterocycles. The Kier molecular flexibility index (Phi) is 10.1. The maximum Gasteiger partial charge on any atom is 0.264 e. The van der Waals surface area contributed by atoms with E-state index in [9.17, 15) is 18.0 Å². The number of carbonyl (C=O) groups is 2. The van der Waals surface area contributed by atoms with Crippen LogP contribution in [0.3, 0.4) is 0 Å². The van der Waals surface area contributed by atoms with E-state index in [1.165, 1.54) is 4.90 Å². The predicted octanol–water partition coefficient (Wildman–Crippen LogP) is 5.27. The summed E-state index contributed by atoms with van der Waals surface area (Å²) in [7, 11) is -4.11. The van der Waals surface area contributed by atoms with Gasteiger partial charge in [-0.2, -0.15) is 0 Å². The number of benzene rings is 4. The van der Waals surface area contributed by atoms with Crippen LogP contribution in [0.1, 0.15) is 29.2 Å². The molecule has 1 atom stereocenters. The van der Waals surface area contributed by atoms with Gasteiger partial charge in [-0.3, -0.25) is 13.9 Å². The summed E-state index contributed by atoms with van der Waals surface area (Å²) in [5.74, 6) is -0.777. The van der Waals surface area contributed by atoms with Crippen LogP contribution in [0.2, 0.25) is 0 Å². The summed E-state index contributed by atoms with van der Waals surface area (Å²) in [6.07, 6.45) is 0.278. The van der Waals surface area contributed by atoms with Crippen LogP contribution in [0, 0.1) is 13.8 Å². The molecule has 0 aliphatic carbocycles. The second kappa shape index (κ2) is 14.0. The van der Waals surface area contributed by atoms with Crippen LogP contribution in [0.15, 0.2) is 114 Å². The first-order valence-corrected chi connectivity index (χ1v) is 15.4. The molecule has 2 amide bonds. The van der Waals surface area contributed by atoms with E-state index in [4.69, 9.17) is 0 Å². The van der Waals surface area contributed by atoms with Gasteiger partial charge in [0.25, 0.3) is 10.0 Å². The highest BCUT2D eigenvalue weighted by Crippen LogP contribution is 2.25. The van der Waals surface area contributed by atoms with Gasteiger partial charge in [0.05, 0.1) is 10.6 Å². The van der Waals surface area contributed by atoms with Gasteiger partial charge in [-0.05, 0) is 61.7 Å². The molecule has 0 aliphatic heterocycles. The first kappa shape index (κ1) is 30.5. The molecule has 0 saturated heterocycles. The lowest BCUT2D eigenvalue weighted by atomic mass is 10.0. The van der Waals surface area contributed by atoms with Crippen molar-refractivity contribution < 1.29 is 18.0 Å². The van der Waals surface area contributed by atoms with Crippen LogP contribution in [0.4, 0.5) is 5.69 Å². The number of amides is 2. The summed E-state index contributed by atoms with van der Waals surface area (Å²) in [5.41, 5.74) is 4.02. The number of aryl methyl sites for hydroxylation is 2.